The molecule has 6 nitrogen and oxygen atoms in total. The van der Waals surface area contributed by atoms with Gasteiger partial charge in [-0.2, -0.15) is 5.10 Å². The van der Waals surface area contributed by atoms with E-state index in [0.29, 0.717) is 11.6 Å². The van der Waals surface area contributed by atoms with Gasteiger partial charge >= 0.3 is 0 Å². The normalized spacial score (nSPS) is 24.1. The third kappa shape index (κ3) is 3.60. The Morgan fingerprint density at radius 2 is 2.00 bits per heavy atom. The van der Waals surface area contributed by atoms with Gasteiger partial charge in [0.15, 0.2) is 0 Å². The van der Waals surface area contributed by atoms with Gasteiger partial charge in [-0.05, 0) is 42.5 Å². The summed E-state index contributed by atoms with van der Waals surface area (Å²) in [6.07, 6.45) is 5.80. The number of nitrogens with zero attached hydrogens (tertiary/aromatic N) is 3. The zero-order chi connectivity index (χ0) is 19.7. The first-order valence-electron chi connectivity index (χ1n) is 10.4. The van der Waals surface area contributed by atoms with Crippen molar-refractivity contribution < 1.29 is 4.79 Å². The quantitative estimate of drug-likeness (QED) is 0.681. The number of hydrogen-bond donors (Lipinski definition) is 2. The second-order valence-corrected chi connectivity index (χ2v) is 8.57. The maximum Gasteiger partial charge on any atom is 0.270 e. The molecule has 29 heavy (non-hydrogen) atoms. The minimum Gasteiger partial charge on any atom is -0.357 e. The molecule has 3 aromatic rings. The molecule has 2 aliphatic heterocycles. The van der Waals surface area contributed by atoms with Crippen LogP contribution in [0.1, 0.15) is 28.2 Å². The lowest BCUT2D eigenvalue weighted by Crippen LogP contribution is -2.37. The second kappa shape index (κ2) is 7.52. The van der Waals surface area contributed by atoms with E-state index in [-0.39, 0.29) is 11.3 Å². The third-order valence-corrected chi connectivity index (χ3v) is 6.65. The van der Waals surface area contributed by atoms with Crippen LogP contribution in [0.15, 0.2) is 60.9 Å². The summed E-state index contributed by atoms with van der Waals surface area (Å²) >= 11 is 0. The summed E-state index contributed by atoms with van der Waals surface area (Å²) < 4.78 is 0. The van der Waals surface area contributed by atoms with E-state index in [2.05, 4.69) is 55.3 Å². The Hall–Kier alpha value is -2.86. The zero-order valence-electron chi connectivity index (χ0n) is 16.6. The molecule has 2 unspecified atom stereocenters. The van der Waals surface area contributed by atoms with E-state index in [0.717, 1.165) is 51.3 Å². The molecule has 2 atom stereocenters. The average molecular weight is 390 g/mol. The zero-order valence-corrected chi connectivity index (χ0v) is 16.6. The first-order chi connectivity index (χ1) is 14.2. The Labute approximate surface area is 170 Å². The molecule has 150 valence electrons. The fourth-order valence-corrected chi connectivity index (χ4v) is 5.21. The molecule has 2 fully saturated rings. The van der Waals surface area contributed by atoms with Crippen molar-refractivity contribution in [3.05, 3.63) is 77.9 Å². The van der Waals surface area contributed by atoms with Crippen molar-refractivity contribution in [1.29, 1.82) is 0 Å². The number of likely N-dealkylation sites (tertiary alicyclic amines) is 2. The molecule has 2 saturated heterocycles. The van der Waals surface area contributed by atoms with Gasteiger partial charge in [-0.1, -0.05) is 30.3 Å². The third-order valence-electron chi connectivity index (χ3n) is 6.65. The van der Waals surface area contributed by atoms with E-state index < -0.39 is 0 Å². The van der Waals surface area contributed by atoms with Crippen LogP contribution in [-0.4, -0.2) is 57.1 Å². The number of amides is 1. The molecule has 4 heterocycles. The van der Waals surface area contributed by atoms with Crippen LogP contribution in [0, 0.1) is 11.3 Å². The number of fused-ring (bicyclic) bond motifs is 1. The molecule has 5 rings (SSSR count). The van der Waals surface area contributed by atoms with Crippen LogP contribution in [0.25, 0.3) is 0 Å². The lowest BCUT2D eigenvalue weighted by atomic mass is 9.76. The number of H-pyrrole nitrogens is 2. The van der Waals surface area contributed by atoms with Gasteiger partial charge in [0.1, 0.15) is 5.69 Å². The summed E-state index contributed by atoms with van der Waals surface area (Å²) in [5, 5.41) is 7.17. The number of benzene rings is 1. The Kier molecular flexibility index (Phi) is 4.72. The highest BCUT2D eigenvalue weighted by Crippen LogP contribution is 2.46. The standard InChI is InChI=1S/C23H27N5O/c29-22(21-7-4-11-24-21)28-14-19-13-27(15-20-9-12-25-26-20)16-23(19,17-28)10-8-18-5-2-1-3-6-18/h1-7,9,11-12,19,24H,8,10,13-17H2,(H,25,26). The van der Waals surface area contributed by atoms with Crippen molar-refractivity contribution in [2.45, 2.75) is 19.4 Å². The number of aryl methyl sites for hydroxylation is 1. The first kappa shape index (κ1) is 18.2. The van der Waals surface area contributed by atoms with Crippen LogP contribution >= 0.6 is 0 Å². The van der Waals surface area contributed by atoms with Crippen molar-refractivity contribution in [1.82, 2.24) is 25.0 Å². The number of hydrogen-bond acceptors (Lipinski definition) is 3. The number of carbonyl (C=O) groups excluding carboxylic acids is 1. The van der Waals surface area contributed by atoms with E-state index in [9.17, 15) is 4.79 Å². The molecule has 1 aromatic carbocycles. The van der Waals surface area contributed by atoms with Gasteiger partial charge in [0, 0.05) is 56.2 Å². The molecule has 0 bridgehead atoms. The minimum absolute atomic E-state index is 0.128. The number of aromatic amines is 2. The molecule has 1 amide bonds. The Bertz CT molecular complexity index is 937. The monoisotopic (exact) mass is 389 g/mol. The summed E-state index contributed by atoms with van der Waals surface area (Å²) in [6.45, 7) is 4.63. The summed E-state index contributed by atoms with van der Waals surface area (Å²) in [7, 11) is 0. The fourth-order valence-electron chi connectivity index (χ4n) is 5.21. The second-order valence-electron chi connectivity index (χ2n) is 8.57. The number of aromatic nitrogens is 3. The van der Waals surface area contributed by atoms with Crippen molar-refractivity contribution in [3.8, 4) is 0 Å². The SMILES string of the molecule is O=C(c1ccc[nH]1)N1CC2CN(Cc3ccn[nH]3)CC2(CCc2ccccc2)C1. The summed E-state index contributed by atoms with van der Waals surface area (Å²) in [5.41, 5.74) is 3.37. The molecule has 2 aliphatic rings. The highest BCUT2D eigenvalue weighted by atomic mass is 16.2. The predicted molar refractivity (Wildman–Crippen MR) is 111 cm³/mol. The number of nitrogens with one attached hydrogen (secondary N) is 2. The van der Waals surface area contributed by atoms with E-state index in [4.69, 9.17) is 0 Å². The highest BCUT2D eigenvalue weighted by Gasteiger charge is 2.52. The van der Waals surface area contributed by atoms with Gasteiger partial charge in [-0.15, -0.1) is 0 Å². The summed E-state index contributed by atoms with van der Waals surface area (Å²) in [4.78, 5) is 20.6. The van der Waals surface area contributed by atoms with Gasteiger partial charge in [0.25, 0.3) is 5.91 Å². The van der Waals surface area contributed by atoms with Gasteiger partial charge in [-0.25, -0.2) is 0 Å². The van der Waals surface area contributed by atoms with Gasteiger partial charge in [0.05, 0.1) is 0 Å². The molecular formula is C23H27N5O. The fraction of sp³-hybridized carbons (Fsp3) is 0.391. The molecule has 0 saturated carbocycles. The maximum absolute atomic E-state index is 13.0. The van der Waals surface area contributed by atoms with Crippen molar-refractivity contribution in [3.63, 3.8) is 0 Å². The molecule has 0 aliphatic carbocycles. The largest absolute Gasteiger partial charge is 0.357 e. The van der Waals surface area contributed by atoms with E-state index >= 15 is 0 Å². The maximum atomic E-state index is 13.0. The lowest BCUT2D eigenvalue weighted by molar-refractivity contribution is 0.0750. The average Bonchev–Trinajstić information content (AvgIpc) is 3.51. The first-order valence-corrected chi connectivity index (χ1v) is 10.4. The Morgan fingerprint density at radius 3 is 2.76 bits per heavy atom. The Balaban J connectivity index is 1.34. The van der Waals surface area contributed by atoms with Crippen LogP contribution in [-0.2, 0) is 13.0 Å². The van der Waals surface area contributed by atoms with Gasteiger partial charge in [-0.3, -0.25) is 14.8 Å². The molecular weight excluding hydrogens is 362 g/mol. The van der Waals surface area contributed by atoms with Crippen LogP contribution in [0.3, 0.4) is 0 Å². The van der Waals surface area contributed by atoms with Crippen molar-refractivity contribution >= 4 is 5.91 Å². The molecule has 6 heteroatoms. The van der Waals surface area contributed by atoms with Gasteiger partial charge in [0.2, 0.25) is 0 Å². The van der Waals surface area contributed by atoms with Gasteiger partial charge < -0.3 is 9.88 Å². The van der Waals surface area contributed by atoms with Crippen LogP contribution in [0.5, 0.6) is 0 Å². The van der Waals surface area contributed by atoms with E-state index in [1.54, 1.807) is 0 Å². The minimum atomic E-state index is 0.128. The Morgan fingerprint density at radius 1 is 1.10 bits per heavy atom. The smallest absolute Gasteiger partial charge is 0.270 e. The molecule has 0 radical (unpaired) electrons. The number of carbonyl (C=O) groups is 1. The van der Waals surface area contributed by atoms with Crippen LogP contribution < -0.4 is 0 Å². The predicted octanol–water partition coefficient (Wildman–Crippen LogP) is 2.94. The van der Waals surface area contributed by atoms with E-state index in [1.165, 1.54) is 5.56 Å². The highest BCUT2D eigenvalue weighted by molar-refractivity contribution is 5.92. The summed E-state index contributed by atoms with van der Waals surface area (Å²) in [5.74, 6) is 0.636. The number of rotatable bonds is 6. The van der Waals surface area contributed by atoms with E-state index in [1.807, 2.05) is 30.6 Å². The molecule has 2 N–H and O–H groups in total. The van der Waals surface area contributed by atoms with Crippen molar-refractivity contribution in [2.24, 2.45) is 11.3 Å². The van der Waals surface area contributed by atoms with Crippen LogP contribution in [0.4, 0.5) is 0 Å². The molecule has 0 spiro atoms. The van der Waals surface area contributed by atoms with Crippen molar-refractivity contribution in [2.75, 3.05) is 26.2 Å². The summed E-state index contributed by atoms with van der Waals surface area (Å²) in [6, 6.07) is 16.5. The van der Waals surface area contributed by atoms with Crippen LogP contribution in [0.2, 0.25) is 0 Å². The lowest BCUT2D eigenvalue weighted by Gasteiger charge is -2.29. The topological polar surface area (TPSA) is 68.0 Å². The molecule has 2 aromatic heterocycles.